The Balaban J connectivity index is 1.48. The van der Waals surface area contributed by atoms with Gasteiger partial charge >= 0.3 is 0 Å². The van der Waals surface area contributed by atoms with Crippen LogP contribution in [0.5, 0.6) is 0 Å². The lowest BCUT2D eigenvalue weighted by atomic mass is 10.1. The van der Waals surface area contributed by atoms with Crippen LogP contribution in [0.3, 0.4) is 0 Å². The first-order chi connectivity index (χ1) is 13.2. The molecular weight excluding hydrogens is 360 g/mol. The van der Waals surface area contributed by atoms with Gasteiger partial charge in [0.15, 0.2) is 0 Å². The average Bonchev–Trinajstić information content (AvgIpc) is 2.74. The van der Waals surface area contributed by atoms with Gasteiger partial charge in [-0.3, -0.25) is 0 Å². The number of hydrogen-bond donors (Lipinski definition) is 0. The van der Waals surface area contributed by atoms with Crippen molar-refractivity contribution in [1.82, 2.24) is 19.9 Å². The van der Waals surface area contributed by atoms with Crippen LogP contribution in [0.1, 0.15) is 12.7 Å². The van der Waals surface area contributed by atoms with Crippen molar-refractivity contribution in [2.75, 3.05) is 36.0 Å². The number of hydrogen-bond acceptors (Lipinski definition) is 6. The Morgan fingerprint density at radius 2 is 1.59 bits per heavy atom. The third kappa shape index (κ3) is 4.01. The molecule has 0 amide bonds. The average molecular weight is 381 g/mol. The first-order valence-electron chi connectivity index (χ1n) is 9.14. The number of aromatic nitrogens is 4. The van der Waals surface area contributed by atoms with Crippen LogP contribution in [0.2, 0.25) is 5.15 Å². The normalized spacial score (nSPS) is 14.4. The second kappa shape index (κ2) is 7.88. The molecule has 27 heavy (non-hydrogen) atoms. The Kier molecular flexibility index (Phi) is 5.16. The Bertz CT molecular complexity index is 909. The maximum absolute atomic E-state index is 6.14. The molecule has 1 aliphatic rings. The van der Waals surface area contributed by atoms with Gasteiger partial charge in [0.1, 0.15) is 28.9 Å². The van der Waals surface area contributed by atoms with E-state index < -0.39 is 0 Å². The van der Waals surface area contributed by atoms with Gasteiger partial charge in [-0.05, 0) is 0 Å². The minimum absolute atomic E-state index is 0.502. The molecule has 0 spiro atoms. The zero-order chi connectivity index (χ0) is 18.6. The van der Waals surface area contributed by atoms with Gasteiger partial charge in [-0.15, -0.1) is 0 Å². The van der Waals surface area contributed by atoms with E-state index in [4.69, 9.17) is 11.6 Å². The fourth-order valence-electron chi connectivity index (χ4n) is 3.22. The molecule has 1 aromatic carbocycles. The zero-order valence-corrected chi connectivity index (χ0v) is 16.0. The molecule has 4 rings (SSSR count). The molecule has 7 heteroatoms. The summed E-state index contributed by atoms with van der Waals surface area (Å²) < 4.78 is 0. The van der Waals surface area contributed by atoms with Crippen LogP contribution in [0.15, 0.2) is 48.8 Å². The number of rotatable bonds is 4. The van der Waals surface area contributed by atoms with Gasteiger partial charge in [0, 0.05) is 50.3 Å². The van der Waals surface area contributed by atoms with Gasteiger partial charge in [-0.1, -0.05) is 48.9 Å². The summed E-state index contributed by atoms with van der Waals surface area (Å²) in [6, 6.07) is 14.1. The highest BCUT2D eigenvalue weighted by Crippen LogP contribution is 2.23. The molecule has 0 radical (unpaired) electrons. The van der Waals surface area contributed by atoms with E-state index in [9.17, 15) is 0 Å². The van der Waals surface area contributed by atoms with E-state index in [0.29, 0.717) is 5.15 Å². The molecule has 0 aliphatic carbocycles. The topological polar surface area (TPSA) is 58.0 Å². The summed E-state index contributed by atoms with van der Waals surface area (Å²) in [5.74, 6) is 2.64. The molecule has 0 N–H and O–H groups in total. The number of anilines is 2. The maximum Gasteiger partial charge on any atom is 0.134 e. The second-order valence-electron chi connectivity index (χ2n) is 6.42. The van der Waals surface area contributed by atoms with E-state index in [1.807, 2.05) is 31.2 Å². The number of aryl methyl sites for hydroxylation is 1. The first kappa shape index (κ1) is 17.7. The summed E-state index contributed by atoms with van der Waals surface area (Å²) in [5, 5.41) is 0.502. The molecule has 6 nitrogen and oxygen atoms in total. The highest BCUT2D eigenvalue weighted by Gasteiger charge is 2.20. The van der Waals surface area contributed by atoms with Crippen LogP contribution in [0.25, 0.3) is 11.3 Å². The minimum atomic E-state index is 0.502. The van der Waals surface area contributed by atoms with Crippen LogP contribution in [-0.4, -0.2) is 46.1 Å². The quantitative estimate of drug-likeness (QED) is 0.646. The van der Waals surface area contributed by atoms with Crippen LogP contribution < -0.4 is 9.80 Å². The number of piperazine rings is 1. The molecule has 138 valence electrons. The van der Waals surface area contributed by atoms with Crippen molar-refractivity contribution in [2.45, 2.75) is 13.3 Å². The Hall–Kier alpha value is -2.73. The van der Waals surface area contributed by atoms with Gasteiger partial charge in [-0.2, -0.15) is 0 Å². The lowest BCUT2D eigenvalue weighted by molar-refractivity contribution is 0.638. The predicted molar refractivity (Wildman–Crippen MR) is 108 cm³/mol. The Morgan fingerprint density at radius 1 is 0.889 bits per heavy atom. The molecule has 0 atom stereocenters. The lowest BCUT2D eigenvalue weighted by Gasteiger charge is -2.36. The molecule has 2 aromatic heterocycles. The fourth-order valence-corrected chi connectivity index (χ4v) is 3.42. The summed E-state index contributed by atoms with van der Waals surface area (Å²) in [6.45, 7) is 5.50. The Labute approximate surface area is 163 Å². The van der Waals surface area contributed by atoms with Gasteiger partial charge in [-0.25, -0.2) is 19.9 Å². The minimum Gasteiger partial charge on any atom is -0.353 e. The van der Waals surface area contributed by atoms with Crippen LogP contribution in [-0.2, 0) is 6.42 Å². The summed E-state index contributed by atoms with van der Waals surface area (Å²) in [5.41, 5.74) is 2.04. The van der Waals surface area contributed by atoms with Crippen LogP contribution in [0.4, 0.5) is 11.6 Å². The van der Waals surface area contributed by atoms with E-state index in [0.717, 1.165) is 61.3 Å². The number of benzene rings is 1. The van der Waals surface area contributed by atoms with Crippen LogP contribution in [0, 0.1) is 0 Å². The highest BCUT2D eigenvalue weighted by atomic mass is 35.5. The number of nitrogens with zero attached hydrogens (tertiary/aromatic N) is 6. The van der Waals surface area contributed by atoms with Gasteiger partial charge in [0.05, 0.1) is 5.69 Å². The monoisotopic (exact) mass is 380 g/mol. The van der Waals surface area contributed by atoms with Gasteiger partial charge in [0.2, 0.25) is 0 Å². The molecular formula is C20H21ClN6. The highest BCUT2D eigenvalue weighted by molar-refractivity contribution is 6.29. The molecule has 3 heterocycles. The van der Waals surface area contributed by atoms with E-state index in [-0.39, 0.29) is 0 Å². The largest absolute Gasteiger partial charge is 0.353 e. The summed E-state index contributed by atoms with van der Waals surface area (Å²) in [4.78, 5) is 22.3. The van der Waals surface area contributed by atoms with Gasteiger partial charge < -0.3 is 9.80 Å². The SMILES string of the molecule is CCc1nc(Cl)cc(N2CCN(c3cc(-c4ccccc4)ncn3)CC2)n1. The van der Waals surface area contributed by atoms with Gasteiger partial charge in [0.25, 0.3) is 0 Å². The van der Waals surface area contributed by atoms with Crippen molar-refractivity contribution in [2.24, 2.45) is 0 Å². The van der Waals surface area contributed by atoms with E-state index in [1.54, 1.807) is 6.33 Å². The summed E-state index contributed by atoms with van der Waals surface area (Å²) in [6.07, 6.45) is 2.42. The van der Waals surface area contributed by atoms with Crippen molar-refractivity contribution in [3.63, 3.8) is 0 Å². The van der Waals surface area contributed by atoms with Crippen molar-refractivity contribution < 1.29 is 0 Å². The molecule has 1 saturated heterocycles. The van der Waals surface area contributed by atoms with Crippen molar-refractivity contribution in [1.29, 1.82) is 0 Å². The maximum atomic E-state index is 6.14. The zero-order valence-electron chi connectivity index (χ0n) is 15.2. The summed E-state index contributed by atoms with van der Waals surface area (Å²) in [7, 11) is 0. The smallest absolute Gasteiger partial charge is 0.134 e. The standard InChI is InChI=1S/C20H21ClN6/c1-2-18-24-17(21)13-20(25-18)27-10-8-26(9-11-27)19-12-16(22-14-23-19)15-6-4-3-5-7-15/h3-7,12-14H,2,8-11H2,1H3. The number of halogens is 1. The lowest BCUT2D eigenvalue weighted by Crippen LogP contribution is -2.47. The predicted octanol–water partition coefficient (Wildman–Crippen LogP) is 3.48. The fraction of sp³-hybridized carbons (Fsp3) is 0.300. The van der Waals surface area contributed by atoms with E-state index in [1.165, 1.54) is 0 Å². The van der Waals surface area contributed by atoms with Crippen molar-refractivity contribution in [3.8, 4) is 11.3 Å². The first-order valence-corrected chi connectivity index (χ1v) is 9.51. The van der Waals surface area contributed by atoms with Crippen molar-refractivity contribution in [3.05, 3.63) is 59.8 Å². The van der Waals surface area contributed by atoms with Crippen LogP contribution >= 0.6 is 11.6 Å². The molecule has 0 saturated carbocycles. The molecule has 0 unspecified atom stereocenters. The van der Waals surface area contributed by atoms with E-state index >= 15 is 0 Å². The van der Waals surface area contributed by atoms with E-state index in [2.05, 4.69) is 47.9 Å². The molecule has 3 aromatic rings. The Morgan fingerprint density at radius 3 is 2.30 bits per heavy atom. The second-order valence-corrected chi connectivity index (χ2v) is 6.81. The molecule has 0 bridgehead atoms. The third-order valence-corrected chi connectivity index (χ3v) is 4.89. The third-order valence-electron chi connectivity index (χ3n) is 4.69. The molecule has 1 fully saturated rings. The summed E-state index contributed by atoms with van der Waals surface area (Å²) >= 11 is 6.14. The van der Waals surface area contributed by atoms with Crippen molar-refractivity contribution >= 4 is 23.2 Å². The molecule has 1 aliphatic heterocycles.